The molecule has 0 heterocycles. The van der Waals surface area contributed by atoms with Crippen LogP contribution in [0.25, 0.3) is 0 Å². The average molecular weight is 685 g/mol. The Morgan fingerprint density at radius 2 is 1.77 bits per heavy atom. The number of allylic oxidation sites excluding steroid dienone is 1. The van der Waals surface area contributed by atoms with Crippen molar-refractivity contribution in [3.8, 4) is 5.75 Å². The van der Waals surface area contributed by atoms with Crippen LogP contribution in [-0.2, 0) is 26.4 Å². The number of phenols is 1. The second kappa shape index (κ2) is 13.6. The summed E-state index contributed by atoms with van der Waals surface area (Å²) in [7, 11) is -1.56. The third kappa shape index (κ3) is 6.96. The van der Waals surface area contributed by atoms with E-state index in [1.807, 2.05) is 25.7 Å². The monoisotopic (exact) mass is 684 g/mol. The van der Waals surface area contributed by atoms with Crippen LogP contribution >= 0.6 is 0 Å². The minimum absolute atomic E-state index is 0.0517. The molecule has 0 bridgehead atoms. The van der Waals surface area contributed by atoms with Gasteiger partial charge in [0.15, 0.2) is 11.4 Å². The number of hydrogen-bond donors (Lipinski definition) is 7. The Kier molecular flexibility index (Phi) is 10.8. The zero-order chi connectivity index (χ0) is 35.9. The molecular weight excluding hydrogens is 644 g/mol. The number of carbonyl (C=O) groups is 3. The first-order chi connectivity index (χ1) is 21.6. The Hall–Kier alpha value is -4.10. The number of hydrogen-bond acceptors (Lipinski definition) is 13. The van der Waals surface area contributed by atoms with E-state index in [2.05, 4.69) is 0 Å². The van der Waals surface area contributed by atoms with Gasteiger partial charge in [-0.2, -0.15) is 8.42 Å². The second-order valence-electron chi connectivity index (χ2n) is 12.5. The van der Waals surface area contributed by atoms with Gasteiger partial charge in [-0.05, 0) is 50.8 Å². The average Bonchev–Trinajstić information content (AvgIpc) is 2.91. The summed E-state index contributed by atoms with van der Waals surface area (Å²) in [6, 6.07) is 0.162. The standard InChI is InChI=1S/C29H38N4O9.H2O4S/c1-6-7-8-32(12-13(2)3)17-11-18(33(41)42)23(34)20-15(17)9-14-10-16-22(31(4)5)25(36)21(28(30)39)27(38)29(16,40)26(37)19(14)24(20)35;1-5(2,3)4/h11,13-14,16,22,34,36-37,40H,6-10,12H2,1-5H3,(H2,30,39);(H2,1,2,3,4)/t14?,16?,22-,29-;/m0./s1. The molecule has 0 saturated carbocycles. The maximum absolute atomic E-state index is 14.1. The molecule has 1 aromatic carbocycles. The number of nitrogens with zero attached hydrogens (tertiary/aromatic N) is 3. The molecular formula is C29H40N4O13S. The summed E-state index contributed by atoms with van der Waals surface area (Å²) in [6.07, 6.45) is 1.61. The molecule has 0 aliphatic heterocycles. The van der Waals surface area contributed by atoms with Crippen molar-refractivity contribution in [3.63, 3.8) is 0 Å². The van der Waals surface area contributed by atoms with Gasteiger partial charge in [-0.3, -0.25) is 38.5 Å². The molecule has 47 heavy (non-hydrogen) atoms. The number of carbonyl (C=O) groups excluding carboxylic acids is 3. The summed E-state index contributed by atoms with van der Waals surface area (Å²) in [6.45, 7) is 7.07. The van der Waals surface area contributed by atoms with Gasteiger partial charge in [0.25, 0.3) is 5.91 Å². The van der Waals surface area contributed by atoms with E-state index in [1.54, 1.807) is 14.1 Å². The SMILES string of the molecule is CCCCN(CC(C)C)c1cc([N+](=O)[O-])c(O)c2c1CC1CC3[C@H](N(C)C)C(O)=C(C(N)=O)C(=O)[C@@]3(O)C(O)=C1C2=O.O=S(=O)(O)O. The zero-order valence-electron chi connectivity index (χ0n) is 26.5. The van der Waals surface area contributed by atoms with Crippen LogP contribution < -0.4 is 10.6 Å². The number of anilines is 1. The van der Waals surface area contributed by atoms with Crippen molar-refractivity contribution >= 4 is 39.2 Å². The van der Waals surface area contributed by atoms with E-state index in [9.17, 15) is 44.9 Å². The van der Waals surface area contributed by atoms with Crippen LogP contribution in [0.3, 0.4) is 0 Å². The van der Waals surface area contributed by atoms with Crippen molar-refractivity contribution in [2.24, 2.45) is 23.5 Å². The topological polar surface area (TPSA) is 282 Å². The van der Waals surface area contributed by atoms with Crippen molar-refractivity contribution in [1.82, 2.24) is 4.90 Å². The van der Waals surface area contributed by atoms with Crippen LogP contribution in [-0.4, -0.2) is 104 Å². The molecule has 260 valence electrons. The molecule has 8 N–H and O–H groups in total. The first kappa shape index (κ1) is 37.4. The molecule has 2 unspecified atom stereocenters. The Balaban J connectivity index is 0.00000111. The van der Waals surface area contributed by atoms with Crippen molar-refractivity contribution in [1.29, 1.82) is 0 Å². The lowest BCUT2D eigenvalue weighted by atomic mass is 9.58. The number of rotatable bonds is 9. The van der Waals surface area contributed by atoms with Crippen molar-refractivity contribution < 1.29 is 57.3 Å². The van der Waals surface area contributed by atoms with Gasteiger partial charge in [0.2, 0.25) is 11.5 Å². The van der Waals surface area contributed by atoms with Gasteiger partial charge >= 0.3 is 16.1 Å². The maximum Gasteiger partial charge on any atom is 0.394 e. The van der Waals surface area contributed by atoms with Gasteiger partial charge in [0.1, 0.15) is 17.1 Å². The smallest absolute Gasteiger partial charge is 0.394 e. The number of aromatic hydroxyl groups is 1. The number of ketones is 2. The van der Waals surface area contributed by atoms with E-state index in [0.29, 0.717) is 24.3 Å². The molecule has 0 radical (unpaired) electrons. The van der Waals surface area contributed by atoms with E-state index in [4.69, 9.17) is 23.3 Å². The number of amides is 1. The van der Waals surface area contributed by atoms with Gasteiger partial charge < -0.3 is 31.1 Å². The van der Waals surface area contributed by atoms with Crippen LogP contribution in [0.1, 0.15) is 56.0 Å². The molecule has 3 aliphatic carbocycles. The van der Waals surface area contributed by atoms with Crippen molar-refractivity contribution in [2.75, 3.05) is 32.1 Å². The van der Waals surface area contributed by atoms with Crippen LogP contribution in [0.5, 0.6) is 5.75 Å². The van der Waals surface area contributed by atoms with Gasteiger partial charge in [0, 0.05) is 36.3 Å². The van der Waals surface area contributed by atoms with E-state index in [0.717, 1.165) is 12.8 Å². The van der Waals surface area contributed by atoms with Crippen molar-refractivity contribution in [3.05, 3.63) is 50.0 Å². The fraction of sp³-hybridized carbons (Fsp3) is 0.552. The van der Waals surface area contributed by atoms with Crippen LogP contribution in [0.2, 0.25) is 0 Å². The lowest BCUT2D eigenvalue weighted by Crippen LogP contribution is -2.63. The quantitative estimate of drug-likeness (QED) is 0.0842. The predicted molar refractivity (Wildman–Crippen MR) is 166 cm³/mol. The van der Waals surface area contributed by atoms with Crippen LogP contribution in [0, 0.1) is 27.9 Å². The highest BCUT2D eigenvalue weighted by molar-refractivity contribution is 7.79. The molecule has 4 rings (SSSR count). The minimum Gasteiger partial charge on any atom is -0.510 e. The Labute approximate surface area is 270 Å². The molecule has 0 saturated heterocycles. The highest BCUT2D eigenvalue weighted by Gasteiger charge is 2.63. The molecule has 3 aliphatic rings. The highest BCUT2D eigenvalue weighted by Crippen LogP contribution is 2.54. The Morgan fingerprint density at radius 1 is 1.19 bits per heavy atom. The van der Waals surface area contributed by atoms with Gasteiger partial charge in [-0.15, -0.1) is 0 Å². The first-order valence-electron chi connectivity index (χ1n) is 14.7. The fourth-order valence-electron chi connectivity index (χ4n) is 6.81. The summed E-state index contributed by atoms with van der Waals surface area (Å²) in [5.74, 6) is -7.92. The molecule has 17 nitrogen and oxygen atoms in total. The second-order valence-corrected chi connectivity index (χ2v) is 13.4. The molecule has 1 amide bonds. The summed E-state index contributed by atoms with van der Waals surface area (Å²) < 4.78 is 31.6. The van der Waals surface area contributed by atoms with Gasteiger partial charge in [-0.25, -0.2) is 0 Å². The van der Waals surface area contributed by atoms with Gasteiger partial charge in [0.05, 0.1) is 16.5 Å². The molecule has 0 fully saturated rings. The van der Waals surface area contributed by atoms with Gasteiger partial charge in [-0.1, -0.05) is 27.2 Å². The number of nitro groups is 1. The zero-order valence-corrected chi connectivity index (χ0v) is 27.3. The van der Waals surface area contributed by atoms with Crippen LogP contribution in [0.4, 0.5) is 11.4 Å². The number of nitro benzene ring substituents is 1. The number of unbranched alkanes of at least 4 members (excludes halogenated alkanes) is 1. The van der Waals surface area contributed by atoms with Crippen LogP contribution in [0.15, 0.2) is 28.7 Å². The largest absolute Gasteiger partial charge is 0.510 e. The highest BCUT2D eigenvalue weighted by atomic mass is 32.3. The lowest BCUT2D eigenvalue weighted by molar-refractivity contribution is -0.385. The number of nitrogens with two attached hydrogens (primary N) is 1. The fourth-order valence-corrected chi connectivity index (χ4v) is 6.81. The number of primary amides is 1. The summed E-state index contributed by atoms with van der Waals surface area (Å²) in [5.41, 5.74) is 1.06. The number of aliphatic hydroxyl groups excluding tert-OH is 2. The number of aliphatic hydroxyl groups is 3. The van der Waals surface area contributed by atoms with Crippen molar-refractivity contribution in [2.45, 2.75) is 58.1 Å². The minimum atomic E-state index is -4.67. The normalized spacial score (nSPS) is 24.0. The molecule has 0 spiro atoms. The molecule has 1 aromatic rings. The Bertz CT molecular complexity index is 1660. The van der Waals surface area contributed by atoms with E-state index >= 15 is 0 Å². The molecule has 4 atom stereocenters. The summed E-state index contributed by atoms with van der Waals surface area (Å²) >= 11 is 0. The van der Waals surface area contributed by atoms with E-state index < -0.39 is 84.8 Å². The number of phenolic OH excluding ortho intramolecular Hbond substituents is 1. The lowest BCUT2D eigenvalue weighted by Gasteiger charge is -2.50. The number of Topliss-reactive ketones (excluding diaryl/α,β-unsaturated/α-hetero) is 2. The third-order valence-corrected chi connectivity index (χ3v) is 8.58. The first-order valence-corrected chi connectivity index (χ1v) is 16.1. The Morgan fingerprint density at radius 3 is 2.23 bits per heavy atom. The number of fused-ring (bicyclic) bond motifs is 3. The van der Waals surface area contributed by atoms with E-state index in [-0.39, 0.29) is 29.9 Å². The maximum atomic E-state index is 14.1. The summed E-state index contributed by atoms with van der Waals surface area (Å²) in [5, 5.41) is 57.2. The number of likely N-dealkylation sites (N-methyl/N-ethyl adjacent to an activating group) is 1. The summed E-state index contributed by atoms with van der Waals surface area (Å²) in [4.78, 5) is 54.3. The molecule has 18 heteroatoms. The van der Waals surface area contributed by atoms with E-state index in [1.165, 1.54) is 11.0 Å². The number of benzene rings is 1. The third-order valence-electron chi connectivity index (χ3n) is 8.58. The predicted octanol–water partition coefficient (Wildman–Crippen LogP) is 1.64. The molecule has 0 aromatic heterocycles.